The summed E-state index contributed by atoms with van der Waals surface area (Å²) < 4.78 is 1.29. The van der Waals surface area contributed by atoms with Crippen LogP contribution in [0.5, 0.6) is 5.75 Å². The number of nitrogens with one attached hydrogen (secondary N) is 1. The smallest absolute Gasteiger partial charge is 0.250 e. The summed E-state index contributed by atoms with van der Waals surface area (Å²) in [4.78, 5) is 23.2. The number of phenols is 1. The fraction of sp³-hybridized carbons (Fsp3) is 0.143. The average molecular weight is 258 g/mol. The van der Waals surface area contributed by atoms with Gasteiger partial charge in [-0.3, -0.25) is 9.59 Å². The molecule has 0 atom stereocenters. The molecule has 0 aliphatic heterocycles. The van der Waals surface area contributed by atoms with Crippen LogP contribution in [0.2, 0.25) is 0 Å². The van der Waals surface area contributed by atoms with Crippen molar-refractivity contribution in [2.45, 2.75) is 13.5 Å². The molecule has 2 aromatic rings. The molecule has 0 unspecified atom stereocenters. The van der Waals surface area contributed by atoms with Crippen molar-refractivity contribution in [3.63, 3.8) is 0 Å². The van der Waals surface area contributed by atoms with Crippen molar-refractivity contribution in [2.75, 3.05) is 5.32 Å². The van der Waals surface area contributed by atoms with Crippen LogP contribution in [0.15, 0.2) is 47.4 Å². The minimum Gasteiger partial charge on any atom is -0.506 e. The summed E-state index contributed by atoms with van der Waals surface area (Å²) in [5.74, 6) is -0.360. The summed E-state index contributed by atoms with van der Waals surface area (Å²) in [5, 5.41) is 12.2. The predicted octanol–water partition coefficient (Wildman–Crippen LogP) is 1.50. The first-order valence-electron chi connectivity index (χ1n) is 5.81. The number of aromatic hydroxyl groups is 1. The number of nitrogens with zero attached hydrogens (tertiary/aromatic N) is 1. The van der Waals surface area contributed by atoms with E-state index in [9.17, 15) is 14.7 Å². The molecular formula is C14H14N2O3. The van der Waals surface area contributed by atoms with Gasteiger partial charge < -0.3 is 15.0 Å². The van der Waals surface area contributed by atoms with Gasteiger partial charge in [0.15, 0.2) is 0 Å². The molecule has 98 valence electrons. The second-order valence-electron chi connectivity index (χ2n) is 4.24. The molecule has 2 rings (SSSR count). The van der Waals surface area contributed by atoms with Crippen LogP contribution < -0.4 is 10.9 Å². The fourth-order valence-electron chi connectivity index (χ4n) is 1.68. The van der Waals surface area contributed by atoms with Crippen molar-refractivity contribution in [1.29, 1.82) is 0 Å². The minimum absolute atomic E-state index is 0.00811. The third-order valence-corrected chi connectivity index (χ3v) is 2.64. The predicted molar refractivity (Wildman–Crippen MR) is 72.2 cm³/mol. The van der Waals surface area contributed by atoms with E-state index in [1.54, 1.807) is 30.3 Å². The van der Waals surface area contributed by atoms with Crippen molar-refractivity contribution in [3.8, 4) is 5.75 Å². The van der Waals surface area contributed by atoms with Crippen molar-refractivity contribution >= 4 is 11.6 Å². The van der Waals surface area contributed by atoms with Crippen molar-refractivity contribution < 1.29 is 9.90 Å². The zero-order valence-electron chi connectivity index (χ0n) is 10.5. The molecular weight excluding hydrogens is 244 g/mol. The molecule has 1 aromatic heterocycles. The van der Waals surface area contributed by atoms with Crippen molar-refractivity contribution in [3.05, 3.63) is 58.5 Å². The first kappa shape index (κ1) is 12.9. The molecule has 0 saturated heterocycles. The Labute approximate surface area is 110 Å². The van der Waals surface area contributed by atoms with Gasteiger partial charge in [0.2, 0.25) is 5.91 Å². The number of hydrogen-bond acceptors (Lipinski definition) is 3. The lowest BCUT2D eigenvalue weighted by Gasteiger charge is -2.09. The summed E-state index contributed by atoms with van der Waals surface area (Å²) in [6.45, 7) is 1.75. The third-order valence-electron chi connectivity index (χ3n) is 2.64. The molecule has 19 heavy (non-hydrogen) atoms. The van der Waals surface area contributed by atoms with E-state index in [-0.39, 0.29) is 23.8 Å². The van der Waals surface area contributed by atoms with E-state index in [1.807, 2.05) is 6.92 Å². The first-order valence-corrected chi connectivity index (χ1v) is 5.81. The van der Waals surface area contributed by atoms with Gasteiger partial charge in [0.1, 0.15) is 12.3 Å². The molecule has 0 saturated carbocycles. The number of carbonyl (C=O) groups is 1. The number of phenolic OH excluding ortho intramolecular Hbond substituents is 1. The Morgan fingerprint density at radius 1 is 1.32 bits per heavy atom. The highest BCUT2D eigenvalue weighted by molar-refractivity contribution is 5.92. The van der Waals surface area contributed by atoms with Crippen LogP contribution in [0, 0.1) is 6.92 Å². The van der Waals surface area contributed by atoms with Crippen LogP contribution in [-0.4, -0.2) is 15.6 Å². The number of aryl methyl sites for hydroxylation is 1. The zero-order valence-corrected chi connectivity index (χ0v) is 10.5. The van der Waals surface area contributed by atoms with Gasteiger partial charge in [0.25, 0.3) is 5.56 Å². The highest BCUT2D eigenvalue weighted by Crippen LogP contribution is 2.23. The van der Waals surface area contributed by atoms with Crippen LogP contribution in [0.3, 0.4) is 0 Å². The SMILES string of the molecule is Cc1ccc(NC(=O)Cn2ccccc2=O)c(O)c1. The van der Waals surface area contributed by atoms with Gasteiger partial charge in [-0.2, -0.15) is 0 Å². The van der Waals surface area contributed by atoms with E-state index in [0.717, 1.165) is 5.56 Å². The maximum Gasteiger partial charge on any atom is 0.250 e. The summed E-state index contributed by atoms with van der Waals surface area (Å²) in [5.41, 5.74) is 0.986. The topological polar surface area (TPSA) is 71.3 Å². The summed E-state index contributed by atoms with van der Waals surface area (Å²) in [6.07, 6.45) is 1.54. The van der Waals surface area contributed by atoms with Gasteiger partial charge in [-0.25, -0.2) is 0 Å². The van der Waals surface area contributed by atoms with Crippen molar-refractivity contribution in [1.82, 2.24) is 4.57 Å². The minimum atomic E-state index is -0.368. The third kappa shape index (κ3) is 3.22. The van der Waals surface area contributed by atoms with Gasteiger partial charge in [-0.05, 0) is 30.7 Å². The number of anilines is 1. The number of aromatic nitrogens is 1. The van der Waals surface area contributed by atoms with Crippen LogP contribution >= 0.6 is 0 Å². The summed E-state index contributed by atoms with van der Waals surface area (Å²) in [7, 11) is 0. The molecule has 5 heteroatoms. The monoisotopic (exact) mass is 258 g/mol. The van der Waals surface area contributed by atoms with Gasteiger partial charge >= 0.3 is 0 Å². The number of carbonyl (C=O) groups excluding carboxylic acids is 1. The number of amides is 1. The molecule has 0 radical (unpaired) electrons. The van der Waals surface area contributed by atoms with Gasteiger partial charge in [-0.1, -0.05) is 12.1 Å². The Balaban J connectivity index is 2.10. The fourth-order valence-corrected chi connectivity index (χ4v) is 1.68. The maximum absolute atomic E-state index is 11.8. The second kappa shape index (κ2) is 5.39. The molecule has 1 aromatic carbocycles. The van der Waals surface area contributed by atoms with Crippen LogP contribution in [0.25, 0.3) is 0 Å². The summed E-state index contributed by atoms with van der Waals surface area (Å²) >= 11 is 0. The lowest BCUT2D eigenvalue weighted by molar-refractivity contribution is -0.116. The largest absolute Gasteiger partial charge is 0.506 e. The molecule has 5 nitrogen and oxygen atoms in total. The highest BCUT2D eigenvalue weighted by atomic mass is 16.3. The lowest BCUT2D eigenvalue weighted by atomic mass is 10.2. The average Bonchev–Trinajstić information content (AvgIpc) is 2.36. The Hall–Kier alpha value is -2.56. The van der Waals surface area contributed by atoms with Crippen LogP contribution in [0.4, 0.5) is 5.69 Å². The number of hydrogen-bond donors (Lipinski definition) is 2. The quantitative estimate of drug-likeness (QED) is 0.819. The lowest BCUT2D eigenvalue weighted by Crippen LogP contribution is -2.26. The van der Waals surface area contributed by atoms with Crippen molar-refractivity contribution in [2.24, 2.45) is 0 Å². The number of rotatable bonds is 3. The van der Waals surface area contributed by atoms with E-state index >= 15 is 0 Å². The molecule has 0 aliphatic carbocycles. The van der Waals surface area contributed by atoms with E-state index in [1.165, 1.54) is 16.8 Å². The zero-order chi connectivity index (χ0) is 13.8. The Morgan fingerprint density at radius 3 is 2.79 bits per heavy atom. The van der Waals surface area contributed by atoms with Gasteiger partial charge in [-0.15, -0.1) is 0 Å². The van der Waals surface area contributed by atoms with E-state index in [2.05, 4.69) is 5.32 Å². The second-order valence-corrected chi connectivity index (χ2v) is 4.24. The number of benzene rings is 1. The first-order chi connectivity index (χ1) is 9.06. The normalized spacial score (nSPS) is 10.2. The summed E-state index contributed by atoms with van der Waals surface area (Å²) in [6, 6.07) is 9.64. The van der Waals surface area contributed by atoms with Crippen LogP contribution in [-0.2, 0) is 11.3 Å². The molecule has 0 aliphatic rings. The Morgan fingerprint density at radius 2 is 2.11 bits per heavy atom. The molecule has 1 amide bonds. The standard InChI is InChI=1S/C14H14N2O3/c1-10-5-6-11(12(17)8-10)15-13(18)9-16-7-3-2-4-14(16)19/h2-8,17H,9H2,1H3,(H,15,18). The number of pyridine rings is 1. The van der Waals surface area contributed by atoms with E-state index < -0.39 is 0 Å². The molecule has 1 heterocycles. The maximum atomic E-state index is 11.8. The van der Waals surface area contributed by atoms with E-state index in [4.69, 9.17) is 0 Å². The van der Waals surface area contributed by atoms with E-state index in [0.29, 0.717) is 5.69 Å². The molecule has 0 fully saturated rings. The Kier molecular flexibility index (Phi) is 3.66. The molecule has 0 bridgehead atoms. The highest BCUT2D eigenvalue weighted by Gasteiger charge is 2.07. The van der Waals surface area contributed by atoms with Gasteiger partial charge in [0.05, 0.1) is 5.69 Å². The van der Waals surface area contributed by atoms with Gasteiger partial charge in [0, 0.05) is 12.3 Å². The molecule has 0 spiro atoms. The van der Waals surface area contributed by atoms with Crippen LogP contribution in [0.1, 0.15) is 5.56 Å². The Bertz CT molecular complexity index is 662. The molecule has 2 N–H and O–H groups in total.